The van der Waals surface area contributed by atoms with E-state index in [2.05, 4.69) is 6.92 Å². The van der Waals surface area contributed by atoms with E-state index in [1.807, 2.05) is 23.8 Å². The Kier molecular flexibility index (Phi) is 3.75. The zero-order valence-corrected chi connectivity index (χ0v) is 9.36. The summed E-state index contributed by atoms with van der Waals surface area (Å²) in [5, 5.41) is 0. The van der Waals surface area contributed by atoms with Gasteiger partial charge in [-0.15, -0.1) is 0 Å². The van der Waals surface area contributed by atoms with E-state index >= 15 is 0 Å². The lowest BCUT2D eigenvalue weighted by Gasteiger charge is -2.22. The molecule has 0 spiro atoms. The molecule has 1 aliphatic heterocycles. The first-order valence-electron chi connectivity index (χ1n) is 5.35. The third-order valence-corrected chi connectivity index (χ3v) is 3.00. The zero-order chi connectivity index (χ0) is 10.7. The second kappa shape index (κ2) is 4.64. The van der Waals surface area contributed by atoms with Crippen LogP contribution in [0.5, 0.6) is 0 Å². The predicted molar refractivity (Wildman–Crippen MR) is 57.1 cm³/mol. The molecule has 1 heterocycles. The average molecular weight is 199 g/mol. The van der Waals surface area contributed by atoms with Crippen molar-refractivity contribution in [2.75, 3.05) is 20.1 Å². The Balaban J connectivity index is 2.61. The Labute approximate surface area is 86.0 Å². The number of nitrogens with zero attached hydrogens (tertiary/aromatic N) is 2. The van der Waals surface area contributed by atoms with Crippen LogP contribution in [-0.4, -0.2) is 48.1 Å². The molecule has 82 valence electrons. The zero-order valence-electron chi connectivity index (χ0n) is 9.36. The standard InChI is InChI=1S/C10H21N3O/c1-4-5-9-7-13(8(2)6-11)10(14)12(9)3/h8-9H,4-7,11H2,1-3H3. The van der Waals surface area contributed by atoms with Gasteiger partial charge in [-0.05, 0) is 13.3 Å². The molecular weight excluding hydrogens is 178 g/mol. The van der Waals surface area contributed by atoms with Gasteiger partial charge in [-0.3, -0.25) is 0 Å². The summed E-state index contributed by atoms with van der Waals surface area (Å²) < 4.78 is 0. The third-order valence-electron chi connectivity index (χ3n) is 3.00. The highest BCUT2D eigenvalue weighted by Crippen LogP contribution is 2.19. The fourth-order valence-electron chi connectivity index (χ4n) is 1.90. The number of urea groups is 1. The van der Waals surface area contributed by atoms with Crippen molar-refractivity contribution >= 4 is 6.03 Å². The van der Waals surface area contributed by atoms with E-state index in [0.29, 0.717) is 12.6 Å². The molecular formula is C10H21N3O. The molecule has 4 heteroatoms. The summed E-state index contributed by atoms with van der Waals surface area (Å²) in [7, 11) is 1.88. The summed E-state index contributed by atoms with van der Waals surface area (Å²) in [5.74, 6) is 0. The first-order chi connectivity index (χ1) is 6.61. The van der Waals surface area contributed by atoms with Gasteiger partial charge in [0.05, 0.1) is 6.04 Å². The Hall–Kier alpha value is -0.770. The summed E-state index contributed by atoms with van der Waals surface area (Å²) in [6.45, 7) is 5.52. The summed E-state index contributed by atoms with van der Waals surface area (Å²) in [4.78, 5) is 15.5. The summed E-state index contributed by atoms with van der Waals surface area (Å²) in [6, 6.07) is 0.662. The minimum absolute atomic E-state index is 0.126. The van der Waals surface area contributed by atoms with Crippen LogP contribution < -0.4 is 5.73 Å². The minimum atomic E-state index is 0.126. The van der Waals surface area contributed by atoms with E-state index < -0.39 is 0 Å². The smallest absolute Gasteiger partial charge is 0.320 e. The van der Waals surface area contributed by atoms with Crippen LogP contribution in [0.15, 0.2) is 0 Å². The number of likely N-dealkylation sites (N-methyl/N-ethyl adjacent to an activating group) is 1. The van der Waals surface area contributed by atoms with Crippen LogP contribution in [0.3, 0.4) is 0 Å². The Morgan fingerprint density at radius 2 is 2.29 bits per heavy atom. The Morgan fingerprint density at radius 3 is 2.79 bits per heavy atom. The predicted octanol–water partition coefficient (Wildman–Crippen LogP) is 0.870. The molecule has 2 atom stereocenters. The van der Waals surface area contributed by atoms with Crippen LogP contribution in [0.25, 0.3) is 0 Å². The van der Waals surface area contributed by atoms with Crippen LogP contribution in [0.4, 0.5) is 4.79 Å². The monoisotopic (exact) mass is 199 g/mol. The molecule has 1 fully saturated rings. The molecule has 0 saturated carbocycles. The second-order valence-corrected chi connectivity index (χ2v) is 4.07. The van der Waals surface area contributed by atoms with Gasteiger partial charge in [0.1, 0.15) is 0 Å². The Morgan fingerprint density at radius 1 is 1.64 bits per heavy atom. The molecule has 0 radical (unpaired) electrons. The number of hydrogen-bond acceptors (Lipinski definition) is 2. The van der Waals surface area contributed by atoms with Gasteiger partial charge in [0.2, 0.25) is 0 Å². The number of carbonyl (C=O) groups excluding carboxylic acids is 1. The van der Waals surface area contributed by atoms with Crippen molar-refractivity contribution in [3.05, 3.63) is 0 Å². The number of carbonyl (C=O) groups is 1. The highest BCUT2D eigenvalue weighted by molar-refractivity contribution is 5.77. The summed E-state index contributed by atoms with van der Waals surface area (Å²) in [5.41, 5.74) is 5.57. The fraction of sp³-hybridized carbons (Fsp3) is 0.900. The molecule has 4 nitrogen and oxygen atoms in total. The SMILES string of the molecule is CCCC1CN(C(C)CN)C(=O)N1C. The number of rotatable bonds is 4. The molecule has 14 heavy (non-hydrogen) atoms. The molecule has 2 N–H and O–H groups in total. The molecule has 2 amide bonds. The lowest BCUT2D eigenvalue weighted by Crippen LogP contribution is -2.40. The maximum atomic E-state index is 11.8. The van der Waals surface area contributed by atoms with E-state index in [1.165, 1.54) is 0 Å². The first kappa shape index (κ1) is 11.3. The van der Waals surface area contributed by atoms with Gasteiger partial charge in [-0.25, -0.2) is 4.79 Å². The minimum Gasteiger partial charge on any atom is -0.328 e. The largest absolute Gasteiger partial charge is 0.328 e. The molecule has 0 aromatic heterocycles. The van der Waals surface area contributed by atoms with Crippen LogP contribution in [0, 0.1) is 0 Å². The lowest BCUT2D eigenvalue weighted by molar-refractivity contribution is 0.185. The molecule has 0 bridgehead atoms. The van der Waals surface area contributed by atoms with Gasteiger partial charge >= 0.3 is 6.03 Å². The molecule has 1 aliphatic rings. The van der Waals surface area contributed by atoms with Crippen molar-refractivity contribution < 1.29 is 4.79 Å². The lowest BCUT2D eigenvalue weighted by atomic mass is 10.1. The van der Waals surface area contributed by atoms with Crippen molar-refractivity contribution in [3.63, 3.8) is 0 Å². The van der Waals surface area contributed by atoms with E-state index in [9.17, 15) is 4.79 Å². The van der Waals surface area contributed by atoms with Crippen molar-refractivity contribution in [2.24, 2.45) is 5.73 Å². The topological polar surface area (TPSA) is 49.6 Å². The highest BCUT2D eigenvalue weighted by Gasteiger charge is 2.35. The van der Waals surface area contributed by atoms with Crippen LogP contribution >= 0.6 is 0 Å². The van der Waals surface area contributed by atoms with Gasteiger partial charge in [0.15, 0.2) is 0 Å². The van der Waals surface area contributed by atoms with Crippen LogP contribution in [0.2, 0.25) is 0 Å². The van der Waals surface area contributed by atoms with E-state index in [0.717, 1.165) is 19.4 Å². The third kappa shape index (κ3) is 2.00. The molecule has 0 aromatic carbocycles. The van der Waals surface area contributed by atoms with E-state index in [1.54, 1.807) is 0 Å². The van der Waals surface area contributed by atoms with Crippen molar-refractivity contribution in [1.82, 2.24) is 9.80 Å². The van der Waals surface area contributed by atoms with Crippen LogP contribution in [-0.2, 0) is 0 Å². The Bertz CT molecular complexity index is 208. The fourth-order valence-corrected chi connectivity index (χ4v) is 1.90. The van der Waals surface area contributed by atoms with Gasteiger partial charge < -0.3 is 15.5 Å². The van der Waals surface area contributed by atoms with Crippen molar-refractivity contribution in [1.29, 1.82) is 0 Å². The molecule has 0 aromatic rings. The average Bonchev–Trinajstić information content (AvgIpc) is 2.46. The van der Waals surface area contributed by atoms with E-state index in [-0.39, 0.29) is 12.1 Å². The summed E-state index contributed by atoms with van der Waals surface area (Å²) in [6.07, 6.45) is 2.20. The normalized spacial score (nSPS) is 24.6. The number of nitrogens with two attached hydrogens (primary N) is 1. The van der Waals surface area contributed by atoms with Gasteiger partial charge in [0, 0.05) is 26.2 Å². The first-order valence-corrected chi connectivity index (χ1v) is 5.35. The molecule has 1 rings (SSSR count). The van der Waals surface area contributed by atoms with Gasteiger partial charge in [-0.2, -0.15) is 0 Å². The van der Waals surface area contributed by atoms with Crippen LogP contribution in [0.1, 0.15) is 26.7 Å². The molecule has 0 aliphatic carbocycles. The molecule has 2 unspecified atom stereocenters. The maximum Gasteiger partial charge on any atom is 0.320 e. The number of hydrogen-bond donors (Lipinski definition) is 1. The highest BCUT2D eigenvalue weighted by atomic mass is 16.2. The van der Waals surface area contributed by atoms with Crippen molar-refractivity contribution in [3.8, 4) is 0 Å². The van der Waals surface area contributed by atoms with Crippen molar-refractivity contribution in [2.45, 2.75) is 38.8 Å². The summed E-state index contributed by atoms with van der Waals surface area (Å²) >= 11 is 0. The van der Waals surface area contributed by atoms with E-state index in [4.69, 9.17) is 5.73 Å². The molecule has 1 saturated heterocycles. The number of amides is 2. The van der Waals surface area contributed by atoms with Gasteiger partial charge in [-0.1, -0.05) is 13.3 Å². The quantitative estimate of drug-likeness (QED) is 0.730. The maximum absolute atomic E-state index is 11.8. The van der Waals surface area contributed by atoms with Gasteiger partial charge in [0.25, 0.3) is 0 Å². The second-order valence-electron chi connectivity index (χ2n) is 4.07.